The minimum atomic E-state index is 0.636. The van der Waals surface area contributed by atoms with Crippen molar-refractivity contribution < 1.29 is 9.47 Å². The van der Waals surface area contributed by atoms with Gasteiger partial charge in [0.1, 0.15) is 11.5 Å². The van der Waals surface area contributed by atoms with E-state index >= 15 is 0 Å². The van der Waals surface area contributed by atoms with E-state index in [0.717, 1.165) is 37.1 Å². The van der Waals surface area contributed by atoms with E-state index in [2.05, 4.69) is 39.0 Å². The molecule has 1 aromatic rings. The molecule has 0 aliphatic heterocycles. The first-order valence-corrected chi connectivity index (χ1v) is 13.7. The first-order valence-electron chi connectivity index (χ1n) is 13.7. The fourth-order valence-corrected chi connectivity index (χ4v) is 4.97. The second-order valence-electron chi connectivity index (χ2n) is 9.73. The van der Waals surface area contributed by atoms with E-state index in [1.165, 1.54) is 102 Å². The van der Waals surface area contributed by atoms with Crippen LogP contribution in [0.2, 0.25) is 0 Å². The summed E-state index contributed by atoms with van der Waals surface area (Å²) in [5, 5.41) is 0. The Hall–Kier alpha value is -1.18. The second kappa shape index (κ2) is 16.5. The van der Waals surface area contributed by atoms with E-state index in [1.54, 1.807) is 0 Å². The van der Waals surface area contributed by atoms with Crippen LogP contribution in [0.25, 0.3) is 0 Å². The van der Waals surface area contributed by atoms with Gasteiger partial charge in [0, 0.05) is 5.56 Å². The Morgan fingerprint density at radius 2 is 1.35 bits per heavy atom. The molecule has 2 rings (SSSR count). The van der Waals surface area contributed by atoms with Crippen LogP contribution < -0.4 is 9.47 Å². The Kier molecular flexibility index (Phi) is 13.8. The third kappa shape index (κ3) is 10.3. The summed E-state index contributed by atoms with van der Waals surface area (Å²) in [5.41, 5.74) is 1.40. The van der Waals surface area contributed by atoms with Crippen molar-refractivity contribution in [2.45, 2.75) is 129 Å². The summed E-state index contributed by atoms with van der Waals surface area (Å²) >= 11 is 0. The van der Waals surface area contributed by atoms with Crippen molar-refractivity contribution >= 4 is 0 Å². The van der Waals surface area contributed by atoms with Gasteiger partial charge in [-0.15, -0.1) is 0 Å². The van der Waals surface area contributed by atoms with Crippen molar-refractivity contribution in [3.05, 3.63) is 23.8 Å². The summed E-state index contributed by atoms with van der Waals surface area (Å²) in [4.78, 5) is 0. The minimum Gasteiger partial charge on any atom is -0.494 e. The lowest BCUT2D eigenvalue weighted by Gasteiger charge is -2.30. The molecule has 1 aromatic carbocycles. The zero-order valence-electron chi connectivity index (χ0n) is 20.9. The molecular formula is C29H50O2. The predicted molar refractivity (Wildman–Crippen MR) is 135 cm³/mol. The summed E-state index contributed by atoms with van der Waals surface area (Å²) in [7, 11) is 0. The molecule has 1 aliphatic rings. The SMILES string of the molecule is CCCCCCCCCOc1ccc(OCCC)c(C2CCC(CCCCC)CC2)c1. The van der Waals surface area contributed by atoms with E-state index < -0.39 is 0 Å². The molecular weight excluding hydrogens is 380 g/mol. The molecule has 0 radical (unpaired) electrons. The Bertz CT molecular complexity index is 560. The van der Waals surface area contributed by atoms with Crippen LogP contribution in [-0.4, -0.2) is 13.2 Å². The second-order valence-corrected chi connectivity index (χ2v) is 9.73. The summed E-state index contributed by atoms with van der Waals surface area (Å²) < 4.78 is 12.3. The lowest BCUT2D eigenvalue weighted by Crippen LogP contribution is -2.14. The molecule has 178 valence electrons. The molecule has 2 heteroatoms. The van der Waals surface area contributed by atoms with Crippen molar-refractivity contribution in [1.82, 2.24) is 0 Å². The van der Waals surface area contributed by atoms with E-state index in [9.17, 15) is 0 Å². The summed E-state index contributed by atoms with van der Waals surface area (Å²) in [6.45, 7) is 8.41. The number of ether oxygens (including phenoxy) is 2. The van der Waals surface area contributed by atoms with Gasteiger partial charge in [0.2, 0.25) is 0 Å². The molecule has 1 saturated carbocycles. The molecule has 31 heavy (non-hydrogen) atoms. The van der Waals surface area contributed by atoms with Gasteiger partial charge in [0.05, 0.1) is 13.2 Å². The standard InChI is InChI=1S/C29H50O2/c1-4-7-9-10-11-12-14-23-30-27-20-21-29(31-22-6-3)28(24-27)26-18-16-25(17-19-26)15-13-8-5-2/h20-21,24-26H,4-19,22-23H2,1-3H3. The van der Waals surface area contributed by atoms with Gasteiger partial charge in [0.25, 0.3) is 0 Å². The van der Waals surface area contributed by atoms with Gasteiger partial charge in [-0.1, -0.05) is 85.0 Å². The number of benzene rings is 1. The summed E-state index contributed by atoms with van der Waals surface area (Å²) in [6.07, 6.45) is 21.3. The maximum absolute atomic E-state index is 6.16. The van der Waals surface area contributed by atoms with Crippen molar-refractivity contribution in [1.29, 1.82) is 0 Å². The monoisotopic (exact) mass is 430 g/mol. The average Bonchev–Trinajstić information content (AvgIpc) is 2.80. The molecule has 2 nitrogen and oxygen atoms in total. The molecule has 0 saturated heterocycles. The van der Waals surface area contributed by atoms with Crippen LogP contribution in [0.1, 0.15) is 135 Å². The van der Waals surface area contributed by atoms with E-state index in [4.69, 9.17) is 9.47 Å². The number of hydrogen-bond acceptors (Lipinski definition) is 2. The molecule has 0 bridgehead atoms. The van der Waals surface area contributed by atoms with Crippen LogP contribution in [0.5, 0.6) is 11.5 Å². The number of unbranched alkanes of at least 4 members (excludes halogenated alkanes) is 8. The number of hydrogen-bond donors (Lipinski definition) is 0. The van der Waals surface area contributed by atoms with Crippen LogP contribution in [0.15, 0.2) is 18.2 Å². The van der Waals surface area contributed by atoms with Crippen LogP contribution in [0, 0.1) is 5.92 Å². The maximum atomic E-state index is 6.16. The van der Waals surface area contributed by atoms with E-state index in [0.29, 0.717) is 5.92 Å². The van der Waals surface area contributed by atoms with Crippen molar-refractivity contribution in [2.75, 3.05) is 13.2 Å². The number of rotatable bonds is 17. The zero-order chi connectivity index (χ0) is 22.2. The Labute approximate surface area is 193 Å². The van der Waals surface area contributed by atoms with Gasteiger partial charge in [-0.2, -0.15) is 0 Å². The van der Waals surface area contributed by atoms with Gasteiger partial charge in [-0.05, 0) is 68.6 Å². The van der Waals surface area contributed by atoms with E-state index in [-0.39, 0.29) is 0 Å². The van der Waals surface area contributed by atoms with Gasteiger partial charge < -0.3 is 9.47 Å². The van der Waals surface area contributed by atoms with Crippen molar-refractivity contribution in [2.24, 2.45) is 5.92 Å². The van der Waals surface area contributed by atoms with Crippen molar-refractivity contribution in [3.8, 4) is 11.5 Å². The van der Waals surface area contributed by atoms with Crippen LogP contribution >= 0.6 is 0 Å². The molecule has 0 heterocycles. The van der Waals surface area contributed by atoms with Crippen LogP contribution in [0.4, 0.5) is 0 Å². The molecule has 0 unspecified atom stereocenters. The largest absolute Gasteiger partial charge is 0.494 e. The Morgan fingerprint density at radius 3 is 2.06 bits per heavy atom. The van der Waals surface area contributed by atoms with Gasteiger partial charge >= 0.3 is 0 Å². The third-order valence-electron chi connectivity index (χ3n) is 6.96. The first-order chi connectivity index (χ1) is 15.3. The highest BCUT2D eigenvalue weighted by Crippen LogP contribution is 2.42. The summed E-state index contributed by atoms with van der Waals surface area (Å²) in [6, 6.07) is 6.58. The van der Waals surface area contributed by atoms with Gasteiger partial charge in [-0.25, -0.2) is 0 Å². The molecule has 0 aromatic heterocycles. The van der Waals surface area contributed by atoms with E-state index in [1.807, 2.05) is 0 Å². The lowest BCUT2D eigenvalue weighted by molar-refractivity contribution is 0.280. The van der Waals surface area contributed by atoms with Gasteiger partial charge in [-0.3, -0.25) is 0 Å². The van der Waals surface area contributed by atoms with Crippen molar-refractivity contribution in [3.63, 3.8) is 0 Å². The molecule has 1 fully saturated rings. The highest BCUT2D eigenvalue weighted by Gasteiger charge is 2.25. The predicted octanol–water partition coefficient (Wildman–Crippen LogP) is 9.46. The first kappa shape index (κ1) is 26.1. The average molecular weight is 431 g/mol. The molecule has 0 atom stereocenters. The molecule has 1 aliphatic carbocycles. The van der Waals surface area contributed by atoms with Crippen LogP contribution in [-0.2, 0) is 0 Å². The normalized spacial score (nSPS) is 18.8. The Balaban J connectivity index is 1.84. The Morgan fingerprint density at radius 1 is 0.677 bits per heavy atom. The zero-order valence-corrected chi connectivity index (χ0v) is 20.9. The van der Waals surface area contributed by atoms with Gasteiger partial charge in [0.15, 0.2) is 0 Å². The molecule has 0 amide bonds. The highest BCUT2D eigenvalue weighted by molar-refractivity contribution is 5.42. The quantitative estimate of drug-likeness (QED) is 0.229. The molecule has 0 spiro atoms. The fourth-order valence-electron chi connectivity index (χ4n) is 4.97. The fraction of sp³-hybridized carbons (Fsp3) is 0.793. The highest BCUT2D eigenvalue weighted by atomic mass is 16.5. The minimum absolute atomic E-state index is 0.636. The smallest absolute Gasteiger partial charge is 0.123 e. The topological polar surface area (TPSA) is 18.5 Å². The summed E-state index contributed by atoms with van der Waals surface area (Å²) in [5.74, 6) is 3.71. The third-order valence-corrected chi connectivity index (χ3v) is 6.96. The van der Waals surface area contributed by atoms with Crippen LogP contribution in [0.3, 0.4) is 0 Å². The maximum Gasteiger partial charge on any atom is 0.123 e. The molecule has 0 N–H and O–H groups in total. The lowest BCUT2D eigenvalue weighted by atomic mass is 9.76.